The summed E-state index contributed by atoms with van der Waals surface area (Å²) in [6, 6.07) is 8.18. The molecule has 2 rings (SSSR count). The van der Waals surface area contributed by atoms with Crippen molar-refractivity contribution in [3.8, 4) is 0 Å². The molecule has 7 heteroatoms. The largest absolute Gasteiger partial charge is 0.360 e. The van der Waals surface area contributed by atoms with Crippen LogP contribution in [-0.4, -0.2) is 13.6 Å². The van der Waals surface area contributed by atoms with Crippen molar-refractivity contribution in [2.24, 2.45) is 5.73 Å². The summed E-state index contributed by atoms with van der Waals surface area (Å²) in [6.07, 6.45) is 0.744. The Morgan fingerprint density at radius 3 is 2.76 bits per heavy atom. The number of nitrogens with one attached hydrogen (secondary N) is 1. The molecule has 2 aromatic rings. The summed E-state index contributed by atoms with van der Waals surface area (Å²) in [5.41, 5.74) is 7.45. The fraction of sp³-hybridized carbons (Fsp3) is 0.357. The Bertz CT molecular complexity index is 710. The molecule has 1 atom stereocenters. The van der Waals surface area contributed by atoms with Crippen LogP contribution in [0.25, 0.3) is 0 Å². The van der Waals surface area contributed by atoms with Crippen molar-refractivity contribution >= 4 is 10.0 Å². The predicted octanol–water partition coefficient (Wildman–Crippen LogP) is 1.87. The standard InChI is InChI=1S/C14H19N3O3S/c1-3-14(15)11-5-4-6-13(8-11)21(18,19)16-9-12-7-10(2)17-20-12/h4-8,14,16H,3,9,15H2,1-2H3. The van der Waals surface area contributed by atoms with Crippen LogP contribution in [0.1, 0.15) is 36.4 Å². The number of aromatic nitrogens is 1. The SMILES string of the molecule is CCC(N)c1cccc(S(=O)(=O)NCc2cc(C)no2)c1. The summed E-state index contributed by atoms with van der Waals surface area (Å²) < 4.78 is 32.0. The van der Waals surface area contributed by atoms with Crippen LogP contribution in [0.3, 0.4) is 0 Å². The Morgan fingerprint density at radius 1 is 1.38 bits per heavy atom. The average molecular weight is 309 g/mol. The van der Waals surface area contributed by atoms with E-state index in [1.54, 1.807) is 31.2 Å². The summed E-state index contributed by atoms with van der Waals surface area (Å²) in [5, 5.41) is 3.71. The molecule has 0 spiro atoms. The number of nitrogens with two attached hydrogens (primary N) is 1. The monoisotopic (exact) mass is 309 g/mol. The third kappa shape index (κ3) is 3.90. The van der Waals surface area contributed by atoms with E-state index in [0.717, 1.165) is 12.0 Å². The number of hydrogen-bond acceptors (Lipinski definition) is 5. The molecule has 1 unspecified atom stereocenters. The lowest BCUT2D eigenvalue weighted by molar-refractivity contribution is 0.377. The van der Waals surface area contributed by atoms with E-state index in [4.69, 9.17) is 10.3 Å². The minimum absolute atomic E-state index is 0.0627. The van der Waals surface area contributed by atoms with Gasteiger partial charge in [-0.3, -0.25) is 0 Å². The lowest BCUT2D eigenvalue weighted by Gasteiger charge is -2.11. The van der Waals surface area contributed by atoms with E-state index in [2.05, 4.69) is 9.88 Å². The van der Waals surface area contributed by atoms with Gasteiger partial charge in [0.2, 0.25) is 10.0 Å². The highest BCUT2D eigenvalue weighted by Crippen LogP contribution is 2.18. The van der Waals surface area contributed by atoms with Crippen LogP contribution < -0.4 is 10.5 Å². The van der Waals surface area contributed by atoms with E-state index in [0.29, 0.717) is 11.5 Å². The summed E-state index contributed by atoms with van der Waals surface area (Å²) in [5.74, 6) is 0.470. The van der Waals surface area contributed by atoms with Gasteiger partial charge in [-0.25, -0.2) is 13.1 Å². The van der Waals surface area contributed by atoms with Crippen molar-refractivity contribution in [1.29, 1.82) is 0 Å². The molecule has 1 aromatic carbocycles. The van der Waals surface area contributed by atoms with Gasteiger partial charge in [0.15, 0.2) is 5.76 Å². The van der Waals surface area contributed by atoms with Gasteiger partial charge in [-0.15, -0.1) is 0 Å². The summed E-state index contributed by atoms with van der Waals surface area (Å²) in [6.45, 7) is 3.79. The van der Waals surface area contributed by atoms with Gasteiger partial charge in [0, 0.05) is 12.1 Å². The third-order valence-electron chi connectivity index (χ3n) is 3.15. The van der Waals surface area contributed by atoms with Crippen molar-refractivity contribution in [3.63, 3.8) is 0 Å². The number of benzene rings is 1. The second kappa shape index (κ2) is 6.38. The molecule has 114 valence electrons. The molecule has 0 fully saturated rings. The van der Waals surface area contributed by atoms with E-state index in [9.17, 15) is 8.42 Å². The molecular formula is C14H19N3O3S. The van der Waals surface area contributed by atoms with Crippen LogP contribution in [0.5, 0.6) is 0 Å². The van der Waals surface area contributed by atoms with Gasteiger partial charge in [-0.2, -0.15) is 0 Å². The summed E-state index contributed by atoms with van der Waals surface area (Å²) in [4.78, 5) is 0.195. The maximum atomic E-state index is 12.3. The molecule has 0 aliphatic rings. The number of sulfonamides is 1. The molecule has 0 saturated carbocycles. The molecule has 3 N–H and O–H groups in total. The molecule has 6 nitrogen and oxygen atoms in total. The van der Waals surface area contributed by atoms with E-state index in [1.807, 2.05) is 13.0 Å². The van der Waals surface area contributed by atoms with Gasteiger partial charge in [0.25, 0.3) is 0 Å². The van der Waals surface area contributed by atoms with Gasteiger partial charge in [0.05, 0.1) is 17.1 Å². The Hall–Kier alpha value is -1.70. The lowest BCUT2D eigenvalue weighted by Crippen LogP contribution is -2.23. The molecule has 1 aromatic heterocycles. The lowest BCUT2D eigenvalue weighted by atomic mass is 10.1. The molecule has 0 radical (unpaired) electrons. The second-order valence-electron chi connectivity index (χ2n) is 4.85. The molecule has 21 heavy (non-hydrogen) atoms. The van der Waals surface area contributed by atoms with Crippen molar-refractivity contribution in [2.75, 3.05) is 0 Å². The predicted molar refractivity (Wildman–Crippen MR) is 78.9 cm³/mol. The van der Waals surface area contributed by atoms with Crippen LogP contribution >= 0.6 is 0 Å². The highest BCUT2D eigenvalue weighted by molar-refractivity contribution is 7.89. The Kier molecular flexibility index (Phi) is 4.76. The highest BCUT2D eigenvalue weighted by Gasteiger charge is 2.16. The number of nitrogens with zero attached hydrogens (tertiary/aromatic N) is 1. The van der Waals surface area contributed by atoms with Crippen molar-refractivity contribution in [3.05, 3.63) is 47.3 Å². The zero-order valence-electron chi connectivity index (χ0n) is 12.0. The van der Waals surface area contributed by atoms with Gasteiger partial charge in [-0.1, -0.05) is 24.2 Å². The quantitative estimate of drug-likeness (QED) is 0.849. The number of rotatable bonds is 6. The normalized spacial score (nSPS) is 13.3. The Morgan fingerprint density at radius 2 is 2.14 bits per heavy atom. The van der Waals surface area contributed by atoms with Gasteiger partial charge >= 0.3 is 0 Å². The van der Waals surface area contributed by atoms with Crippen molar-refractivity contribution < 1.29 is 12.9 Å². The van der Waals surface area contributed by atoms with Crippen LogP contribution in [0.2, 0.25) is 0 Å². The molecule has 0 amide bonds. The zero-order chi connectivity index (χ0) is 15.5. The average Bonchev–Trinajstić information content (AvgIpc) is 2.90. The minimum atomic E-state index is -3.61. The van der Waals surface area contributed by atoms with E-state index < -0.39 is 10.0 Å². The zero-order valence-corrected chi connectivity index (χ0v) is 12.9. The van der Waals surface area contributed by atoms with Gasteiger partial charge in [0.1, 0.15) is 0 Å². The maximum Gasteiger partial charge on any atom is 0.240 e. The first-order chi connectivity index (χ1) is 9.92. The van der Waals surface area contributed by atoms with E-state index >= 15 is 0 Å². The third-order valence-corrected chi connectivity index (χ3v) is 4.55. The highest BCUT2D eigenvalue weighted by atomic mass is 32.2. The smallest absolute Gasteiger partial charge is 0.240 e. The van der Waals surface area contributed by atoms with Crippen LogP contribution in [0.4, 0.5) is 0 Å². The van der Waals surface area contributed by atoms with Gasteiger partial charge in [-0.05, 0) is 31.0 Å². The number of hydrogen-bond donors (Lipinski definition) is 2. The van der Waals surface area contributed by atoms with Crippen LogP contribution in [0, 0.1) is 6.92 Å². The van der Waals surface area contributed by atoms with Crippen LogP contribution in [0.15, 0.2) is 39.8 Å². The van der Waals surface area contributed by atoms with E-state index in [1.165, 1.54) is 0 Å². The molecule has 0 aliphatic carbocycles. The minimum Gasteiger partial charge on any atom is -0.360 e. The van der Waals surface area contributed by atoms with Crippen molar-refractivity contribution in [1.82, 2.24) is 9.88 Å². The molecule has 0 aliphatic heterocycles. The maximum absolute atomic E-state index is 12.3. The molecule has 0 bridgehead atoms. The Balaban J connectivity index is 2.15. The summed E-state index contributed by atoms with van der Waals surface area (Å²) >= 11 is 0. The van der Waals surface area contributed by atoms with Crippen LogP contribution in [-0.2, 0) is 16.6 Å². The first-order valence-electron chi connectivity index (χ1n) is 6.70. The number of aryl methyl sites for hydroxylation is 1. The molecule has 1 heterocycles. The fourth-order valence-electron chi connectivity index (χ4n) is 1.90. The fourth-order valence-corrected chi connectivity index (χ4v) is 2.95. The topological polar surface area (TPSA) is 98.2 Å². The molecular weight excluding hydrogens is 290 g/mol. The Labute approximate surface area is 124 Å². The first-order valence-corrected chi connectivity index (χ1v) is 8.18. The van der Waals surface area contributed by atoms with Gasteiger partial charge < -0.3 is 10.3 Å². The summed E-state index contributed by atoms with van der Waals surface area (Å²) in [7, 11) is -3.61. The first kappa shape index (κ1) is 15.7. The molecule has 0 saturated heterocycles. The van der Waals surface area contributed by atoms with E-state index in [-0.39, 0.29) is 17.5 Å². The van der Waals surface area contributed by atoms with Crippen molar-refractivity contribution in [2.45, 2.75) is 37.8 Å². The second-order valence-corrected chi connectivity index (χ2v) is 6.61.